The molecule has 30 heavy (non-hydrogen) atoms. The number of nitrogens with zero attached hydrogens (tertiary/aromatic N) is 2. The molecule has 1 heterocycles. The van der Waals surface area contributed by atoms with Crippen molar-refractivity contribution in [3.8, 4) is 16.8 Å². The van der Waals surface area contributed by atoms with Crippen molar-refractivity contribution in [3.63, 3.8) is 0 Å². The van der Waals surface area contributed by atoms with Crippen LogP contribution in [0.15, 0.2) is 89.3 Å². The molecule has 0 aliphatic rings. The van der Waals surface area contributed by atoms with Gasteiger partial charge in [-0.05, 0) is 42.9 Å². The van der Waals surface area contributed by atoms with Gasteiger partial charge in [0.1, 0.15) is 0 Å². The average Bonchev–Trinajstić information content (AvgIpc) is 3.15. The lowest BCUT2D eigenvalue weighted by molar-refractivity contribution is -0.115. The lowest BCUT2D eigenvalue weighted by atomic mass is 10.0. The highest BCUT2D eigenvalue weighted by Crippen LogP contribution is 2.31. The second-order valence-corrected chi connectivity index (χ2v) is 9.75. The third-order valence-corrected chi connectivity index (χ3v) is 6.86. The normalized spacial score (nSPS) is 11.8. The van der Waals surface area contributed by atoms with Crippen molar-refractivity contribution < 1.29 is 4.79 Å². The van der Waals surface area contributed by atoms with Crippen molar-refractivity contribution in [2.75, 3.05) is 5.32 Å². The SMILES string of the molecule is CC(Sc1nn(-c2ccccc2)c(=S)s1)C(=O)Nc1ccccc1-c1ccccc1. The van der Waals surface area contributed by atoms with Crippen molar-refractivity contribution in [2.24, 2.45) is 0 Å². The Morgan fingerprint density at radius 2 is 1.63 bits per heavy atom. The monoisotopic (exact) mass is 449 g/mol. The van der Waals surface area contributed by atoms with Gasteiger partial charge in [0.15, 0.2) is 8.29 Å². The predicted molar refractivity (Wildman–Crippen MR) is 128 cm³/mol. The number of nitrogens with one attached hydrogen (secondary N) is 1. The molecule has 1 amide bonds. The number of hydrogen-bond acceptors (Lipinski definition) is 5. The first-order valence-electron chi connectivity index (χ1n) is 9.39. The summed E-state index contributed by atoms with van der Waals surface area (Å²) in [5, 5.41) is 7.33. The number of benzene rings is 3. The molecule has 0 bridgehead atoms. The lowest BCUT2D eigenvalue weighted by Crippen LogP contribution is -2.22. The van der Waals surface area contributed by atoms with E-state index in [1.165, 1.54) is 23.1 Å². The summed E-state index contributed by atoms with van der Waals surface area (Å²) in [5.74, 6) is -0.0734. The molecule has 3 aromatic carbocycles. The molecule has 7 heteroatoms. The number of carbonyl (C=O) groups excluding carboxylic acids is 1. The Morgan fingerprint density at radius 1 is 1.00 bits per heavy atom. The van der Waals surface area contributed by atoms with Crippen LogP contribution in [0, 0.1) is 3.95 Å². The van der Waals surface area contributed by atoms with Gasteiger partial charge in [-0.1, -0.05) is 89.8 Å². The zero-order chi connectivity index (χ0) is 20.9. The maximum absolute atomic E-state index is 12.9. The van der Waals surface area contributed by atoms with Crippen molar-refractivity contribution >= 4 is 46.9 Å². The fourth-order valence-corrected chi connectivity index (χ4v) is 5.45. The van der Waals surface area contributed by atoms with Crippen LogP contribution >= 0.6 is 35.3 Å². The number of amides is 1. The van der Waals surface area contributed by atoms with Crippen LogP contribution in [0.1, 0.15) is 6.92 Å². The minimum absolute atomic E-state index is 0.0734. The zero-order valence-electron chi connectivity index (χ0n) is 16.2. The van der Waals surface area contributed by atoms with Crippen molar-refractivity contribution in [2.45, 2.75) is 16.5 Å². The number of rotatable bonds is 6. The Balaban J connectivity index is 1.49. The number of anilines is 1. The zero-order valence-corrected chi connectivity index (χ0v) is 18.6. The highest BCUT2D eigenvalue weighted by molar-refractivity contribution is 8.02. The molecular formula is C23H19N3OS3. The minimum atomic E-state index is -0.321. The van der Waals surface area contributed by atoms with E-state index in [4.69, 9.17) is 12.2 Å². The van der Waals surface area contributed by atoms with Gasteiger partial charge in [0, 0.05) is 11.3 Å². The van der Waals surface area contributed by atoms with E-state index in [0.717, 1.165) is 26.8 Å². The number of para-hydroxylation sites is 2. The highest BCUT2D eigenvalue weighted by atomic mass is 32.2. The Morgan fingerprint density at radius 3 is 2.37 bits per heavy atom. The highest BCUT2D eigenvalue weighted by Gasteiger charge is 2.19. The average molecular weight is 450 g/mol. The molecule has 4 aromatic rings. The van der Waals surface area contributed by atoms with Gasteiger partial charge in [0.05, 0.1) is 10.9 Å². The molecule has 0 aliphatic carbocycles. The topological polar surface area (TPSA) is 46.9 Å². The molecule has 0 fully saturated rings. The molecule has 1 atom stereocenters. The fourth-order valence-electron chi connectivity index (χ4n) is 2.94. The minimum Gasteiger partial charge on any atom is -0.325 e. The quantitative estimate of drug-likeness (QED) is 0.271. The summed E-state index contributed by atoms with van der Waals surface area (Å²) < 4.78 is 3.16. The molecule has 0 spiro atoms. The fraction of sp³-hybridized carbons (Fsp3) is 0.0870. The summed E-state index contributed by atoms with van der Waals surface area (Å²) in [6, 6.07) is 27.6. The van der Waals surface area contributed by atoms with Crippen molar-refractivity contribution in [1.82, 2.24) is 9.78 Å². The van der Waals surface area contributed by atoms with Crippen LogP contribution in [0.25, 0.3) is 16.8 Å². The number of thioether (sulfide) groups is 1. The van der Waals surface area contributed by atoms with E-state index in [1.54, 1.807) is 4.68 Å². The van der Waals surface area contributed by atoms with Crippen LogP contribution in [-0.4, -0.2) is 20.9 Å². The van der Waals surface area contributed by atoms with Gasteiger partial charge >= 0.3 is 0 Å². The van der Waals surface area contributed by atoms with Crippen LogP contribution in [0.3, 0.4) is 0 Å². The second kappa shape index (κ2) is 9.38. The Kier molecular flexibility index (Phi) is 6.42. The van der Waals surface area contributed by atoms with E-state index in [1.807, 2.05) is 91.9 Å². The molecule has 1 N–H and O–H groups in total. The summed E-state index contributed by atoms with van der Waals surface area (Å²) in [7, 11) is 0. The first kappa shape index (κ1) is 20.5. The van der Waals surface area contributed by atoms with Gasteiger partial charge in [-0.3, -0.25) is 4.79 Å². The second-order valence-electron chi connectivity index (χ2n) is 6.54. The molecule has 150 valence electrons. The van der Waals surface area contributed by atoms with Gasteiger partial charge in [-0.15, -0.1) is 5.10 Å². The lowest BCUT2D eigenvalue weighted by Gasteiger charge is -2.14. The maximum Gasteiger partial charge on any atom is 0.237 e. The van der Waals surface area contributed by atoms with Crippen LogP contribution in [0.4, 0.5) is 5.69 Å². The molecule has 0 saturated heterocycles. The van der Waals surface area contributed by atoms with Gasteiger partial charge in [-0.25, -0.2) is 4.68 Å². The van der Waals surface area contributed by atoms with Crippen molar-refractivity contribution in [3.05, 3.63) is 88.9 Å². The van der Waals surface area contributed by atoms with Crippen LogP contribution in [-0.2, 0) is 4.79 Å². The predicted octanol–water partition coefficient (Wildman–Crippen LogP) is 6.45. The third kappa shape index (κ3) is 4.70. The molecule has 4 nitrogen and oxygen atoms in total. The van der Waals surface area contributed by atoms with E-state index < -0.39 is 0 Å². The summed E-state index contributed by atoms with van der Waals surface area (Å²) in [6.45, 7) is 1.88. The van der Waals surface area contributed by atoms with Crippen LogP contribution < -0.4 is 5.32 Å². The molecule has 4 rings (SSSR count). The first-order valence-corrected chi connectivity index (χ1v) is 11.5. The third-order valence-electron chi connectivity index (χ3n) is 4.45. The summed E-state index contributed by atoms with van der Waals surface area (Å²) in [5.41, 5.74) is 3.77. The number of aromatic nitrogens is 2. The van der Waals surface area contributed by atoms with E-state index in [-0.39, 0.29) is 11.2 Å². The molecule has 0 aliphatic heterocycles. The summed E-state index contributed by atoms with van der Waals surface area (Å²) >= 11 is 8.28. The standard InChI is InChI=1S/C23H19N3OS3/c1-16(29-22-25-26(23(28)30-22)18-12-6-3-7-13-18)21(27)24-20-15-9-8-14-19(20)17-10-4-2-5-11-17/h2-16H,1H3,(H,24,27). The van der Waals surface area contributed by atoms with E-state index >= 15 is 0 Å². The number of hydrogen-bond donors (Lipinski definition) is 1. The Bertz CT molecular complexity index is 1200. The largest absolute Gasteiger partial charge is 0.325 e. The summed E-state index contributed by atoms with van der Waals surface area (Å²) in [6.07, 6.45) is 0. The van der Waals surface area contributed by atoms with Gasteiger partial charge < -0.3 is 5.32 Å². The van der Waals surface area contributed by atoms with Crippen molar-refractivity contribution in [1.29, 1.82) is 0 Å². The van der Waals surface area contributed by atoms with Gasteiger partial charge in [0.25, 0.3) is 0 Å². The van der Waals surface area contributed by atoms with Crippen LogP contribution in [0.5, 0.6) is 0 Å². The van der Waals surface area contributed by atoms with E-state index in [0.29, 0.717) is 3.95 Å². The van der Waals surface area contributed by atoms with Gasteiger partial charge in [-0.2, -0.15) is 0 Å². The molecule has 1 aromatic heterocycles. The number of carbonyl (C=O) groups is 1. The molecule has 0 saturated carbocycles. The maximum atomic E-state index is 12.9. The molecule has 1 unspecified atom stereocenters. The van der Waals surface area contributed by atoms with E-state index in [2.05, 4.69) is 10.4 Å². The van der Waals surface area contributed by atoms with Crippen LogP contribution in [0.2, 0.25) is 0 Å². The molecule has 0 radical (unpaired) electrons. The summed E-state index contributed by atoms with van der Waals surface area (Å²) in [4.78, 5) is 12.9. The molecular weight excluding hydrogens is 430 g/mol. The Hall–Kier alpha value is -2.74. The first-order chi connectivity index (χ1) is 14.6. The van der Waals surface area contributed by atoms with Gasteiger partial charge in [0.2, 0.25) is 5.91 Å². The smallest absolute Gasteiger partial charge is 0.237 e. The van der Waals surface area contributed by atoms with E-state index in [9.17, 15) is 4.79 Å². The Labute approximate surface area is 188 Å².